The maximum Gasteiger partial charge on any atom is 0.233 e. The molecule has 2 aromatic rings. The topological polar surface area (TPSA) is 89.0 Å². The maximum absolute atomic E-state index is 12.4. The molecular weight excluding hydrogens is 366 g/mol. The summed E-state index contributed by atoms with van der Waals surface area (Å²) in [5.41, 5.74) is 1.15. The molecule has 1 saturated heterocycles. The third kappa shape index (κ3) is 3.57. The highest BCUT2D eigenvalue weighted by molar-refractivity contribution is 8.00. The van der Waals surface area contributed by atoms with Gasteiger partial charge in [-0.25, -0.2) is 18.4 Å². The Morgan fingerprint density at radius 1 is 1.42 bits per heavy atom. The molecule has 2 aromatic heterocycles. The second-order valence-corrected chi connectivity index (χ2v) is 10.8. The van der Waals surface area contributed by atoms with E-state index in [1.807, 2.05) is 20.8 Å². The predicted octanol–water partition coefficient (Wildman–Crippen LogP) is 2.09. The van der Waals surface area contributed by atoms with E-state index < -0.39 is 9.84 Å². The highest BCUT2D eigenvalue weighted by Gasteiger charge is 2.30. The van der Waals surface area contributed by atoms with Crippen LogP contribution in [0.25, 0.3) is 10.2 Å². The molecule has 1 aliphatic rings. The molecule has 0 spiro atoms. The number of hydrogen-bond donors (Lipinski definition) is 1. The quantitative estimate of drug-likeness (QED) is 0.640. The van der Waals surface area contributed by atoms with Crippen LogP contribution in [0.5, 0.6) is 0 Å². The fourth-order valence-electron chi connectivity index (χ4n) is 2.69. The van der Waals surface area contributed by atoms with E-state index in [4.69, 9.17) is 0 Å². The number of rotatable bonds is 4. The van der Waals surface area contributed by atoms with Gasteiger partial charge in [-0.05, 0) is 32.8 Å². The summed E-state index contributed by atoms with van der Waals surface area (Å²) >= 11 is 3.01. The first-order valence-corrected chi connectivity index (χ1v) is 11.2. The highest BCUT2D eigenvalue weighted by Crippen LogP contribution is 2.35. The number of nitrogens with one attached hydrogen (secondary N) is 1. The van der Waals surface area contributed by atoms with Gasteiger partial charge in [-0.1, -0.05) is 11.8 Å². The highest BCUT2D eigenvalue weighted by atomic mass is 32.2. The number of aryl methyl sites for hydroxylation is 2. The lowest BCUT2D eigenvalue weighted by atomic mass is 10.2. The van der Waals surface area contributed by atoms with Gasteiger partial charge in [0.15, 0.2) is 9.84 Å². The van der Waals surface area contributed by atoms with Crippen LogP contribution in [0, 0.1) is 13.8 Å². The van der Waals surface area contributed by atoms with Gasteiger partial charge in [-0.15, -0.1) is 11.3 Å². The molecule has 0 aromatic carbocycles. The third-order valence-electron chi connectivity index (χ3n) is 4.17. The zero-order chi connectivity index (χ0) is 17.5. The Kier molecular flexibility index (Phi) is 4.85. The Labute approximate surface area is 149 Å². The van der Waals surface area contributed by atoms with E-state index >= 15 is 0 Å². The van der Waals surface area contributed by atoms with Crippen LogP contribution >= 0.6 is 23.1 Å². The van der Waals surface area contributed by atoms with Crippen molar-refractivity contribution in [1.82, 2.24) is 15.3 Å². The fourth-order valence-corrected chi connectivity index (χ4v) is 6.41. The van der Waals surface area contributed by atoms with Gasteiger partial charge in [0.2, 0.25) is 5.91 Å². The zero-order valence-electron chi connectivity index (χ0n) is 13.7. The maximum atomic E-state index is 12.4. The van der Waals surface area contributed by atoms with Crippen LogP contribution in [0.3, 0.4) is 0 Å². The van der Waals surface area contributed by atoms with Crippen LogP contribution in [0.4, 0.5) is 0 Å². The minimum Gasteiger partial charge on any atom is -0.351 e. The summed E-state index contributed by atoms with van der Waals surface area (Å²) in [6.45, 7) is 5.90. The summed E-state index contributed by atoms with van der Waals surface area (Å²) in [7, 11) is -3.00. The van der Waals surface area contributed by atoms with Crippen molar-refractivity contribution >= 4 is 49.1 Å². The molecule has 9 heteroatoms. The molecule has 0 saturated carbocycles. The average Bonchev–Trinajstić information content (AvgIpc) is 2.99. The number of sulfone groups is 1. The Bertz CT molecular complexity index is 892. The van der Waals surface area contributed by atoms with Crippen LogP contribution in [0.15, 0.2) is 11.4 Å². The molecule has 6 nitrogen and oxygen atoms in total. The summed E-state index contributed by atoms with van der Waals surface area (Å²) in [6.07, 6.45) is 2.01. The van der Waals surface area contributed by atoms with Crippen molar-refractivity contribution in [1.29, 1.82) is 0 Å². The summed E-state index contributed by atoms with van der Waals surface area (Å²) in [5.74, 6) is 0.0364. The predicted molar refractivity (Wildman–Crippen MR) is 97.4 cm³/mol. The minimum atomic E-state index is -3.00. The van der Waals surface area contributed by atoms with Crippen molar-refractivity contribution < 1.29 is 13.2 Å². The Balaban J connectivity index is 1.73. The third-order valence-corrected chi connectivity index (χ3v) is 8.15. The number of carbonyl (C=O) groups excluding carboxylic acids is 1. The van der Waals surface area contributed by atoms with E-state index in [0.29, 0.717) is 6.42 Å². The van der Waals surface area contributed by atoms with Crippen LogP contribution in [0.1, 0.15) is 23.8 Å². The molecule has 130 valence electrons. The van der Waals surface area contributed by atoms with Crippen molar-refractivity contribution in [2.75, 3.05) is 11.5 Å². The van der Waals surface area contributed by atoms with Gasteiger partial charge in [-0.3, -0.25) is 4.79 Å². The molecule has 3 heterocycles. The molecule has 2 atom stereocenters. The van der Waals surface area contributed by atoms with Crippen molar-refractivity contribution in [3.05, 3.63) is 16.8 Å². The normalized spacial score (nSPS) is 21.0. The second-order valence-electron chi connectivity index (χ2n) is 6.01. The SMILES string of the molecule is Cc1sc2ncnc(S[C@@H](C)C(=O)N[C@H]3CCS(=O)(=O)C3)c2c1C. The van der Waals surface area contributed by atoms with Crippen LogP contribution in [0.2, 0.25) is 0 Å². The van der Waals surface area contributed by atoms with E-state index in [2.05, 4.69) is 15.3 Å². The minimum absolute atomic E-state index is 0.0384. The van der Waals surface area contributed by atoms with Crippen molar-refractivity contribution in [2.24, 2.45) is 0 Å². The van der Waals surface area contributed by atoms with Crippen molar-refractivity contribution in [3.8, 4) is 0 Å². The number of thiophene rings is 1. The molecule has 0 aliphatic carbocycles. The molecule has 1 N–H and O–H groups in total. The van der Waals surface area contributed by atoms with E-state index in [-0.39, 0.29) is 28.7 Å². The van der Waals surface area contributed by atoms with Gasteiger partial charge in [0.1, 0.15) is 16.2 Å². The molecular formula is C15H19N3O3S3. The largest absolute Gasteiger partial charge is 0.351 e. The fraction of sp³-hybridized carbons (Fsp3) is 0.533. The van der Waals surface area contributed by atoms with E-state index in [1.165, 1.54) is 23.0 Å². The summed E-state index contributed by atoms with van der Waals surface area (Å²) in [6, 6.07) is -0.277. The van der Waals surface area contributed by atoms with Gasteiger partial charge in [0.25, 0.3) is 0 Å². The molecule has 1 aliphatic heterocycles. The lowest BCUT2D eigenvalue weighted by Crippen LogP contribution is -2.39. The van der Waals surface area contributed by atoms with Gasteiger partial charge < -0.3 is 5.32 Å². The molecule has 0 radical (unpaired) electrons. The number of fused-ring (bicyclic) bond motifs is 1. The monoisotopic (exact) mass is 385 g/mol. The van der Waals surface area contributed by atoms with Gasteiger partial charge in [-0.2, -0.15) is 0 Å². The average molecular weight is 386 g/mol. The molecule has 1 amide bonds. The van der Waals surface area contributed by atoms with E-state index in [0.717, 1.165) is 20.8 Å². The molecule has 0 unspecified atom stereocenters. The lowest BCUT2D eigenvalue weighted by Gasteiger charge is -2.15. The first-order valence-electron chi connectivity index (χ1n) is 7.65. The van der Waals surface area contributed by atoms with Gasteiger partial charge in [0, 0.05) is 16.3 Å². The smallest absolute Gasteiger partial charge is 0.233 e. The number of carbonyl (C=O) groups is 1. The number of nitrogens with zero attached hydrogens (tertiary/aromatic N) is 2. The summed E-state index contributed by atoms with van der Waals surface area (Å²) < 4.78 is 23.0. The number of hydrogen-bond acceptors (Lipinski definition) is 7. The first-order chi connectivity index (χ1) is 11.3. The lowest BCUT2D eigenvalue weighted by molar-refractivity contribution is -0.120. The van der Waals surface area contributed by atoms with Crippen LogP contribution < -0.4 is 5.32 Å². The van der Waals surface area contributed by atoms with Crippen molar-refractivity contribution in [2.45, 2.75) is 43.5 Å². The van der Waals surface area contributed by atoms with E-state index in [1.54, 1.807) is 11.3 Å². The van der Waals surface area contributed by atoms with Crippen LogP contribution in [-0.4, -0.2) is 47.1 Å². The standard InChI is InChI=1S/C15H19N3O3S3/c1-8-9(2)22-14-12(8)15(17-7-16-14)23-10(3)13(19)18-11-4-5-24(20,21)6-11/h7,10-11H,4-6H2,1-3H3,(H,18,19)/t10-,11-/m0/s1. The Morgan fingerprint density at radius 2 is 2.17 bits per heavy atom. The van der Waals surface area contributed by atoms with Gasteiger partial charge >= 0.3 is 0 Å². The molecule has 3 rings (SSSR count). The first kappa shape index (κ1) is 17.6. The van der Waals surface area contributed by atoms with Gasteiger partial charge in [0.05, 0.1) is 16.8 Å². The summed E-state index contributed by atoms with van der Waals surface area (Å²) in [4.78, 5) is 23.1. The summed E-state index contributed by atoms with van der Waals surface area (Å²) in [5, 5.41) is 4.29. The molecule has 1 fully saturated rings. The Hall–Kier alpha value is -1.19. The van der Waals surface area contributed by atoms with Crippen LogP contribution in [-0.2, 0) is 14.6 Å². The number of aromatic nitrogens is 2. The number of amides is 1. The Morgan fingerprint density at radius 3 is 2.83 bits per heavy atom. The molecule has 0 bridgehead atoms. The zero-order valence-corrected chi connectivity index (χ0v) is 16.1. The second kappa shape index (κ2) is 6.61. The van der Waals surface area contributed by atoms with Crippen molar-refractivity contribution in [3.63, 3.8) is 0 Å². The van der Waals surface area contributed by atoms with E-state index in [9.17, 15) is 13.2 Å². The number of thioether (sulfide) groups is 1. The molecule has 24 heavy (non-hydrogen) atoms.